The van der Waals surface area contributed by atoms with Crippen LogP contribution in [0.2, 0.25) is 0 Å². The minimum Gasteiger partial charge on any atom is -0.494 e. The smallest absolute Gasteiger partial charge is 0.330 e. The van der Waals surface area contributed by atoms with Crippen LogP contribution in [-0.2, 0) is 22.4 Å². The molecule has 0 saturated carbocycles. The third kappa shape index (κ3) is 5.28. The topological polar surface area (TPSA) is 71.7 Å². The number of nitrogens with zero attached hydrogens (tertiary/aromatic N) is 1. The quantitative estimate of drug-likeness (QED) is 0.758. The predicted molar refractivity (Wildman–Crippen MR) is 101 cm³/mol. The fourth-order valence-electron chi connectivity index (χ4n) is 2.97. The molecule has 142 valence electrons. The van der Waals surface area contributed by atoms with Gasteiger partial charge in [0, 0.05) is 18.6 Å². The predicted octanol–water partition coefficient (Wildman–Crippen LogP) is 4.22. The highest BCUT2D eigenvalue weighted by atomic mass is 16.6. The van der Waals surface area contributed by atoms with Crippen LogP contribution in [0.5, 0.6) is 11.8 Å². The molecule has 2 rings (SSSR count). The Balaban J connectivity index is 2.34. The van der Waals surface area contributed by atoms with Crippen molar-refractivity contribution in [1.82, 2.24) is 4.57 Å². The van der Waals surface area contributed by atoms with Gasteiger partial charge in [-0.25, -0.2) is 4.79 Å². The number of hydrogen-bond donors (Lipinski definition) is 2. The van der Waals surface area contributed by atoms with E-state index in [1.54, 1.807) is 20.8 Å². The molecule has 26 heavy (non-hydrogen) atoms. The zero-order chi connectivity index (χ0) is 19.5. The van der Waals surface area contributed by atoms with Crippen LogP contribution in [0.3, 0.4) is 0 Å². The van der Waals surface area contributed by atoms with Crippen molar-refractivity contribution in [2.45, 2.75) is 59.1 Å². The Morgan fingerprint density at radius 2 is 1.58 bits per heavy atom. The molecule has 0 aliphatic rings. The van der Waals surface area contributed by atoms with Gasteiger partial charge >= 0.3 is 5.97 Å². The zero-order valence-electron chi connectivity index (χ0n) is 16.2. The maximum absolute atomic E-state index is 12.8. The molecule has 0 bridgehead atoms. The molecule has 1 atom stereocenters. The molecule has 0 unspecified atom stereocenters. The Morgan fingerprint density at radius 1 is 1.04 bits per heavy atom. The van der Waals surface area contributed by atoms with Crippen LogP contribution in [0.4, 0.5) is 0 Å². The minimum atomic E-state index is -0.849. The van der Waals surface area contributed by atoms with Crippen LogP contribution in [0.15, 0.2) is 36.4 Å². The third-order valence-corrected chi connectivity index (χ3v) is 3.93. The fraction of sp³-hybridized carbons (Fsp3) is 0.476. The van der Waals surface area contributed by atoms with Crippen molar-refractivity contribution in [1.29, 1.82) is 0 Å². The molecule has 5 nitrogen and oxygen atoms in total. The van der Waals surface area contributed by atoms with E-state index in [0.29, 0.717) is 12.3 Å². The van der Waals surface area contributed by atoms with Crippen molar-refractivity contribution in [3.8, 4) is 11.8 Å². The lowest BCUT2D eigenvalue weighted by molar-refractivity contribution is -0.159. The number of carbonyl (C=O) groups is 1. The Labute approximate surface area is 155 Å². The number of ether oxygens (including phenoxy) is 1. The van der Waals surface area contributed by atoms with Crippen molar-refractivity contribution < 1.29 is 19.7 Å². The van der Waals surface area contributed by atoms with E-state index >= 15 is 0 Å². The van der Waals surface area contributed by atoms with E-state index in [4.69, 9.17) is 4.74 Å². The van der Waals surface area contributed by atoms with E-state index in [2.05, 4.69) is 26.0 Å². The number of aromatic nitrogens is 1. The van der Waals surface area contributed by atoms with Gasteiger partial charge < -0.3 is 14.9 Å². The van der Waals surface area contributed by atoms with Crippen LogP contribution in [0.25, 0.3) is 0 Å². The zero-order valence-corrected chi connectivity index (χ0v) is 16.2. The highest BCUT2D eigenvalue weighted by Gasteiger charge is 2.30. The lowest BCUT2D eigenvalue weighted by Crippen LogP contribution is -2.31. The summed E-state index contributed by atoms with van der Waals surface area (Å²) in [5, 5.41) is 20.2. The molecule has 0 saturated heterocycles. The van der Waals surface area contributed by atoms with Crippen molar-refractivity contribution in [3.05, 3.63) is 47.5 Å². The molecule has 2 aromatic rings. The first-order chi connectivity index (χ1) is 12.1. The van der Waals surface area contributed by atoms with Crippen LogP contribution in [0.1, 0.15) is 51.8 Å². The van der Waals surface area contributed by atoms with Gasteiger partial charge in [0.05, 0.1) is 0 Å². The fourth-order valence-corrected chi connectivity index (χ4v) is 2.97. The molecule has 0 fully saturated rings. The third-order valence-electron chi connectivity index (χ3n) is 3.93. The number of hydrogen-bond acceptors (Lipinski definition) is 4. The van der Waals surface area contributed by atoms with Crippen LogP contribution >= 0.6 is 0 Å². The van der Waals surface area contributed by atoms with Crippen LogP contribution in [0, 0.1) is 5.92 Å². The molecule has 0 radical (unpaired) electrons. The summed E-state index contributed by atoms with van der Waals surface area (Å²) in [6.07, 6.45) is 1.27. The first-order valence-corrected chi connectivity index (χ1v) is 8.96. The van der Waals surface area contributed by atoms with Gasteiger partial charge in [-0.15, -0.1) is 0 Å². The van der Waals surface area contributed by atoms with E-state index in [9.17, 15) is 15.0 Å². The van der Waals surface area contributed by atoms with E-state index < -0.39 is 17.6 Å². The average Bonchev–Trinajstić information content (AvgIpc) is 2.82. The summed E-state index contributed by atoms with van der Waals surface area (Å²) in [5.41, 5.74) is 1.49. The summed E-state index contributed by atoms with van der Waals surface area (Å²) >= 11 is 0. The van der Waals surface area contributed by atoms with Crippen molar-refractivity contribution >= 4 is 5.97 Å². The summed E-state index contributed by atoms with van der Waals surface area (Å²) in [6, 6.07) is 9.92. The standard InChI is InChI=1S/C21H29NO4/c1-14(2)11-15-7-6-8-16(12-15)13-17(20(25)26-21(3,4)5)22-18(23)9-10-19(22)24/h6-10,12,14,17,23-24H,11,13H2,1-5H3/t17-/m0/s1. The second-order valence-corrected chi connectivity index (χ2v) is 8.09. The Bertz CT molecular complexity index is 736. The van der Waals surface area contributed by atoms with Gasteiger partial charge in [-0.3, -0.25) is 4.57 Å². The largest absolute Gasteiger partial charge is 0.494 e. The Morgan fingerprint density at radius 3 is 2.08 bits per heavy atom. The highest BCUT2D eigenvalue weighted by Crippen LogP contribution is 2.31. The van der Waals surface area contributed by atoms with Gasteiger partial charge in [0.1, 0.15) is 11.6 Å². The SMILES string of the molecule is CC(C)Cc1cccc(C[C@@H](C(=O)OC(C)(C)C)n2c(O)ccc2O)c1. The lowest BCUT2D eigenvalue weighted by atomic mass is 9.98. The molecular formula is C21H29NO4. The summed E-state index contributed by atoms with van der Waals surface area (Å²) < 4.78 is 6.73. The van der Waals surface area contributed by atoms with Crippen LogP contribution < -0.4 is 0 Å². The highest BCUT2D eigenvalue weighted by molar-refractivity contribution is 5.76. The number of benzene rings is 1. The van der Waals surface area contributed by atoms with Crippen molar-refractivity contribution in [3.63, 3.8) is 0 Å². The lowest BCUT2D eigenvalue weighted by Gasteiger charge is -2.25. The molecule has 1 aromatic carbocycles. The van der Waals surface area contributed by atoms with Gasteiger partial charge in [-0.1, -0.05) is 38.1 Å². The summed E-state index contributed by atoms with van der Waals surface area (Å²) in [4.78, 5) is 12.8. The van der Waals surface area contributed by atoms with E-state index in [1.165, 1.54) is 22.3 Å². The number of aromatic hydroxyl groups is 2. The molecule has 1 aromatic heterocycles. The van der Waals surface area contributed by atoms with E-state index in [1.807, 2.05) is 12.1 Å². The maximum atomic E-state index is 12.8. The number of carbonyl (C=O) groups excluding carboxylic acids is 1. The molecule has 0 aliphatic heterocycles. The second-order valence-electron chi connectivity index (χ2n) is 8.09. The molecule has 2 N–H and O–H groups in total. The van der Waals surface area contributed by atoms with Gasteiger partial charge in [0.2, 0.25) is 0 Å². The molecule has 0 amide bonds. The average molecular weight is 359 g/mol. The Hall–Kier alpha value is -2.43. The maximum Gasteiger partial charge on any atom is 0.330 e. The molecular weight excluding hydrogens is 330 g/mol. The van der Waals surface area contributed by atoms with Gasteiger partial charge in [0.15, 0.2) is 11.8 Å². The normalized spacial score (nSPS) is 13.0. The summed E-state index contributed by atoms with van der Waals surface area (Å²) in [5.74, 6) is -0.300. The molecule has 1 heterocycles. The molecule has 0 aliphatic carbocycles. The van der Waals surface area contributed by atoms with Crippen molar-refractivity contribution in [2.24, 2.45) is 5.92 Å². The van der Waals surface area contributed by atoms with Crippen molar-refractivity contribution in [2.75, 3.05) is 0 Å². The Kier molecular flexibility index (Phi) is 6.01. The van der Waals surface area contributed by atoms with Crippen LogP contribution in [-0.4, -0.2) is 26.4 Å². The molecule has 5 heteroatoms. The summed E-state index contributed by atoms with van der Waals surface area (Å²) in [6.45, 7) is 9.69. The monoisotopic (exact) mass is 359 g/mol. The van der Waals surface area contributed by atoms with Gasteiger partial charge in [-0.2, -0.15) is 0 Å². The minimum absolute atomic E-state index is 0.170. The van der Waals surface area contributed by atoms with Gasteiger partial charge in [-0.05, 0) is 44.2 Å². The van der Waals surface area contributed by atoms with E-state index in [0.717, 1.165) is 12.0 Å². The second kappa shape index (κ2) is 7.85. The number of rotatable bonds is 6. The first kappa shape index (κ1) is 19.9. The van der Waals surface area contributed by atoms with Gasteiger partial charge in [0.25, 0.3) is 0 Å². The number of esters is 1. The first-order valence-electron chi connectivity index (χ1n) is 8.96. The van der Waals surface area contributed by atoms with E-state index in [-0.39, 0.29) is 11.8 Å². The summed E-state index contributed by atoms with van der Waals surface area (Å²) in [7, 11) is 0. The molecule has 0 spiro atoms.